The number of ether oxygens (including phenoxy) is 1. The van der Waals surface area contributed by atoms with Crippen LogP contribution in [0.2, 0.25) is 5.15 Å². The number of hydrogen-bond donors (Lipinski definition) is 0. The van der Waals surface area contributed by atoms with Gasteiger partial charge in [-0.05, 0) is 45.9 Å². The zero-order chi connectivity index (χ0) is 14.9. The number of halogens is 1. The Morgan fingerprint density at radius 3 is 2.60 bits per heavy atom. The van der Waals surface area contributed by atoms with Gasteiger partial charge < -0.3 is 4.74 Å². The smallest absolute Gasteiger partial charge is 0.435 e. The summed E-state index contributed by atoms with van der Waals surface area (Å²) in [6.45, 7) is 7.21. The molecule has 0 atom stereocenters. The normalized spacial score (nSPS) is 11.4. The van der Waals surface area contributed by atoms with Crippen molar-refractivity contribution in [1.29, 1.82) is 0 Å². The monoisotopic (exact) mass is 293 g/mol. The summed E-state index contributed by atoms with van der Waals surface area (Å²) in [5.41, 5.74) is 1.30. The molecule has 0 aliphatic carbocycles. The van der Waals surface area contributed by atoms with Crippen LogP contribution >= 0.6 is 11.6 Å². The number of carbonyl (C=O) groups is 1. The fourth-order valence-corrected chi connectivity index (χ4v) is 1.80. The zero-order valence-corrected chi connectivity index (χ0v) is 12.6. The van der Waals surface area contributed by atoms with Gasteiger partial charge in [0.1, 0.15) is 16.4 Å². The van der Waals surface area contributed by atoms with Gasteiger partial charge >= 0.3 is 6.09 Å². The van der Waals surface area contributed by atoms with Crippen LogP contribution in [0.5, 0.6) is 0 Å². The number of pyridine rings is 1. The summed E-state index contributed by atoms with van der Waals surface area (Å²) in [6.07, 6.45) is -0.511. The van der Waals surface area contributed by atoms with Gasteiger partial charge in [0.25, 0.3) is 0 Å². The van der Waals surface area contributed by atoms with Crippen molar-refractivity contribution >= 4 is 17.7 Å². The molecule has 0 spiro atoms. The molecule has 0 unspecified atom stereocenters. The molecule has 20 heavy (non-hydrogen) atoms. The molecule has 2 rings (SSSR count). The first-order chi connectivity index (χ1) is 9.26. The maximum Gasteiger partial charge on any atom is 0.435 e. The first-order valence-corrected chi connectivity index (χ1v) is 6.57. The molecule has 0 amide bonds. The van der Waals surface area contributed by atoms with E-state index in [0.29, 0.717) is 22.2 Å². The van der Waals surface area contributed by atoms with E-state index < -0.39 is 11.7 Å². The maximum absolute atomic E-state index is 12.0. The summed E-state index contributed by atoms with van der Waals surface area (Å²) < 4.78 is 6.52. The summed E-state index contributed by atoms with van der Waals surface area (Å²) in [4.78, 5) is 16.2. The predicted octanol–water partition coefficient (Wildman–Crippen LogP) is 3.69. The Hall–Kier alpha value is -1.88. The van der Waals surface area contributed by atoms with Gasteiger partial charge in [-0.3, -0.25) is 0 Å². The molecule has 0 radical (unpaired) electrons. The highest BCUT2D eigenvalue weighted by Crippen LogP contribution is 2.19. The molecule has 2 aromatic heterocycles. The van der Waals surface area contributed by atoms with E-state index in [1.807, 2.05) is 20.8 Å². The lowest BCUT2D eigenvalue weighted by Crippen LogP contribution is -2.28. The van der Waals surface area contributed by atoms with Crippen molar-refractivity contribution < 1.29 is 9.53 Å². The number of aryl methyl sites for hydroxylation is 1. The van der Waals surface area contributed by atoms with Gasteiger partial charge in [-0.15, -0.1) is 0 Å². The molecule has 0 N–H and O–H groups in total. The van der Waals surface area contributed by atoms with E-state index in [1.54, 1.807) is 31.2 Å². The molecule has 2 heterocycles. The molecule has 0 saturated heterocycles. The van der Waals surface area contributed by atoms with Crippen molar-refractivity contribution in [3.63, 3.8) is 0 Å². The second kappa shape index (κ2) is 5.25. The molecule has 0 aliphatic heterocycles. The third-order valence-corrected chi connectivity index (χ3v) is 2.64. The third kappa shape index (κ3) is 3.36. The van der Waals surface area contributed by atoms with Crippen molar-refractivity contribution in [3.05, 3.63) is 35.1 Å². The van der Waals surface area contributed by atoms with Crippen LogP contribution in [0.15, 0.2) is 24.3 Å². The molecule has 5 nitrogen and oxygen atoms in total. The Bertz CT molecular complexity index is 644. The lowest BCUT2D eigenvalue weighted by Gasteiger charge is -2.19. The highest BCUT2D eigenvalue weighted by molar-refractivity contribution is 6.29. The van der Waals surface area contributed by atoms with Crippen LogP contribution in [-0.4, -0.2) is 26.5 Å². The van der Waals surface area contributed by atoms with Crippen molar-refractivity contribution in [1.82, 2.24) is 14.8 Å². The molecule has 0 aromatic carbocycles. The van der Waals surface area contributed by atoms with Crippen molar-refractivity contribution in [2.75, 3.05) is 0 Å². The number of nitrogens with zero attached hydrogens (tertiary/aromatic N) is 3. The van der Waals surface area contributed by atoms with Crippen LogP contribution in [0.25, 0.3) is 11.4 Å². The number of aromatic nitrogens is 3. The second-order valence-electron chi connectivity index (χ2n) is 5.41. The minimum absolute atomic E-state index is 0.381. The summed E-state index contributed by atoms with van der Waals surface area (Å²) >= 11 is 5.85. The Balaban J connectivity index is 2.33. The second-order valence-corrected chi connectivity index (χ2v) is 5.80. The van der Waals surface area contributed by atoms with E-state index >= 15 is 0 Å². The van der Waals surface area contributed by atoms with E-state index in [4.69, 9.17) is 16.3 Å². The SMILES string of the molecule is Cc1cc(-c2cccc(Cl)n2)nn1C(=O)OC(C)(C)C. The standard InChI is InChI=1S/C14H16ClN3O2/c1-9-8-11(10-6-5-7-12(15)16-10)17-18(9)13(19)20-14(2,3)4/h5-8H,1-4H3. The highest BCUT2D eigenvalue weighted by Gasteiger charge is 2.20. The van der Waals surface area contributed by atoms with Gasteiger partial charge in [-0.2, -0.15) is 9.78 Å². The van der Waals surface area contributed by atoms with Crippen LogP contribution in [0.3, 0.4) is 0 Å². The van der Waals surface area contributed by atoms with Gasteiger partial charge in [0.2, 0.25) is 0 Å². The summed E-state index contributed by atoms with van der Waals surface area (Å²) in [6, 6.07) is 7.02. The fraction of sp³-hybridized carbons (Fsp3) is 0.357. The minimum atomic E-state index is -0.566. The molecule has 0 aliphatic rings. The zero-order valence-electron chi connectivity index (χ0n) is 11.8. The van der Waals surface area contributed by atoms with Crippen LogP contribution in [-0.2, 0) is 4.74 Å². The summed E-state index contributed by atoms with van der Waals surface area (Å²) in [5, 5.41) is 4.61. The summed E-state index contributed by atoms with van der Waals surface area (Å²) in [5.74, 6) is 0. The van der Waals surface area contributed by atoms with Gasteiger partial charge in [0.15, 0.2) is 0 Å². The Labute approximate surface area is 122 Å². The lowest BCUT2D eigenvalue weighted by molar-refractivity contribution is 0.0511. The molecule has 0 fully saturated rings. The average molecular weight is 294 g/mol. The van der Waals surface area contributed by atoms with Crippen LogP contribution in [0.4, 0.5) is 4.79 Å². The Kier molecular flexibility index (Phi) is 3.81. The van der Waals surface area contributed by atoms with Crippen molar-refractivity contribution in [3.8, 4) is 11.4 Å². The molecular weight excluding hydrogens is 278 g/mol. The minimum Gasteiger partial charge on any atom is -0.442 e. The molecule has 6 heteroatoms. The van der Waals surface area contributed by atoms with Crippen molar-refractivity contribution in [2.24, 2.45) is 0 Å². The van der Waals surface area contributed by atoms with Crippen LogP contribution < -0.4 is 0 Å². The van der Waals surface area contributed by atoms with Gasteiger partial charge in [-0.1, -0.05) is 17.7 Å². The third-order valence-electron chi connectivity index (χ3n) is 2.43. The molecule has 0 bridgehead atoms. The Morgan fingerprint density at radius 1 is 1.30 bits per heavy atom. The first kappa shape index (κ1) is 14.5. The van der Waals surface area contributed by atoms with E-state index in [-0.39, 0.29) is 0 Å². The topological polar surface area (TPSA) is 57.0 Å². The van der Waals surface area contributed by atoms with Gasteiger partial charge in [0, 0.05) is 5.69 Å². The molecular formula is C14H16ClN3O2. The molecule has 106 valence electrons. The maximum atomic E-state index is 12.0. The number of rotatable bonds is 1. The van der Waals surface area contributed by atoms with E-state index in [1.165, 1.54) is 4.68 Å². The van der Waals surface area contributed by atoms with E-state index in [0.717, 1.165) is 0 Å². The fourth-order valence-electron chi connectivity index (χ4n) is 1.64. The Morgan fingerprint density at radius 2 is 2.00 bits per heavy atom. The summed E-state index contributed by atoms with van der Waals surface area (Å²) in [7, 11) is 0. The lowest BCUT2D eigenvalue weighted by atomic mass is 10.2. The number of hydrogen-bond acceptors (Lipinski definition) is 4. The largest absolute Gasteiger partial charge is 0.442 e. The average Bonchev–Trinajstić information content (AvgIpc) is 2.69. The first-order valence-electron chi connectivity index (χ1n) is 6.19. The highest BCUT2D eigenvalue weighted by atomic mass is 35.5. The van der Waals surface area contributed by atoms with E-state index in [9.17, 15) is 4.79 Å². The number of carbonyl (C=O) groups excluding carboxylic acids is 1. The predicted molar refractivity (Wildman–Crippen MR) is 76.8 cm³/mol. The van der Waals surface area contributed by atoms with Gasteiger partial charge in [-0.25, -0.2) is 9.78 Å². The van der Waals surface area contributed by atoms with Crippen molar-refractivity contribution in [2.45, 2.75) is 33.3 Å². The van der Waals surface area contributed by atoms with Crippen LogP contribution in [0, 0.1) is 6.92 Å². The molecule has 2 aromatic rings. The quantitative estimate of drug-likeness (QED) is 0.752. The van der Waals surface area contributed by atoms with Gasteiger partial charge in [0.05, 0.1) is 5.69 Å². The van der Waals surface area contributed by atoms with Crippen LogP contribution in [0.1, 0.15) is 26.5 Å². The molecule has 0 saturated carbocycles. The van der Waals surface area contributed by atoms with E-state index in [2.05, 4.69) is 10.1 Å².